The van der Waals surface area contributed by atoms with E-state index in [-0.39, 0.29) is 16.3 Å². The van der Waals surface area contributed by atoms with Gasteiger partial charge in [0.1, 0.15) is 6.54 Å². The molecule has 1 rings (SSSR count). The number of hydrogen-bond donors (Lipinski definition) is 1. The Morgan fingerprint density at radius 3 is 2.42 bits per heavy atom. The van der Waals surface area contributed by atoms with Crippen molar-refractivity contribution in [2.75, 3.05) is 12.3 Å². The Balaban J connectivity index is 3.02. The fourth-order valence-electron chi connectivity index (χ4n) is 1.52. The number of carbonyl (C=O) groups excluding carboxylic acids is 1. The molecular formula is C12H14ClF3N2O. The second-order valence-electron chi connectivity index (χ2n) is 4.38. The van der Waals surface area contributed by atoms with Gasteiger partial charge in [-0.25, -0.2) is 0 Å². The summed E-state index contributed by atoms with van der Waals surface area (Å²) in [6.07, 6.45) is -4.45. The van der Waals surface area contributed by atoms with E-state index in [1.807, 2.05) is 0 Å². The third kappa shape index (κ3) is 4.31. The van der Waals surface area contributed by atoms with Crippen molar-refractivity contribution in [3.05, 3.63) is 28.8 Å². The maximum absolute atomic E-state index is 12.4. The molecule has 0 aliphatic heterocycles. The van der Waals surface area contributed by atoms with Crippen molar-refractivity contribution in [1.82, 2.24) is 4.90 Å². The molecular weight excluding hydrogens is 281 g/mol. The first kappa shape index (κ1) is 15.6. The van der Waals surface area contributed by atoms with Crippen LogP contribution in [-0.2, 0) is 0 Å². The van der Waals surface area contributed by atoms with Gasteiger partial charge in [-0.3, -0.25) is 4.79 Å². The molecule has 7 heteroatoms. The van der Waals surface area contributed by atoms with E-state index in [1.54, 1.807) is 0 Å². The van der Waals surface area contributed by atoms with Gasteiger partial charge < -0.3 is 10.6 Å². The normalized spacial score (nSPS) is 11.7. The molecule has 0 saturated heterocycles. The summed E-state index contributed by atoms with van der Waals surface area (Å²) in [4.78, 5) is 12.8. The Morgan fingerprint density at radius 1 is 1.42 bits per heavy atom. The highest BCUT2D eigenvalue weighted by Gasteiger charge is 2.34. The summed E-state index contributed by atoms with van der Waals surface area (Å²) in [7, 11) is 0. The lowest BCUT2D eigenvalue weighted by Gasteiger charge is -2.27. The van der Waals surface area contributed by atoms with Gasteiger partial charge in [0.15, 0.2) is 0 Å². The number of carbonyl (C=O) groups is 1. The standard InChI is InChI=1S/C12H14ClF3N2O/c1-7(2)18(6-12(14,15)16)11(19)8-3-4-9(13)10(17)5-8/h3-5,7H,6,17H2,1-2H3. The molecule has 106 valence electrons. The SMILES string of the molecule is CC(C)N(CC(F)(F)F)C(=O)c1ccc(Cl)c(N)c1. The minimum absolute atomic E-state index is 0.0832. The summed E-state index contributed by atoms with van der Waals surface area (Å²) >= 11 is 5.70. The van der Waals surface area contributed by atoms with Crippen molar-refractivity contribution in [2.24, 2.45) is 0 Å². The zero-order valence-electron chi connectivity index (χ0n) is 10.5. The van der Waals surface area contributed by atoms with E-state index < -0.39 is 24.7 Å². The Morgan fingerprint density at radius 2 is 2.00 bits per heavy atom. The van der Waals surface area contributed by atoms with Crippen LogP contribution in [0.3, 0.4) is 0 Å². The maximum Gasteiger partial charge on any atom is 0.406 e. The monoisotopic (exact) mass is 294 g/mol. The number of amides is 1. The molecule has 19 heavy (non-hydrogen) atoms. The van der Waals surface area contributed by atoms with Crippen LogP contribution in [-0.4, -0.2) is 29.6 Å². The summed E-state index contributed by atoms with van der Waals surface area (Å²) in [5.74, 6) is -0.726. The maximum atomic E-state index is 12.4. The number of alkyl halides is 3. The highest BCUT2D eigenvalue weighted by atomic mass is 35.5. The molecule has 0 atom stereocenters. The molecule has 1 aromatic carbocycles. The number of benzene rings is 1. The average Bonchev–Trinajstić information content (AvgIpc) is 2.27. The molecule has 3 nitrogen and oxygen atoms in total. The minimum atomic E-state index is -4.45. The smallest absolute Gasteiger partial charge is 0.398 e. The summed E-state index contributed by atoms with van der Waals surface area (Å²) in [5, 5.41) is 0.253. The number of rotatable bonds is 3. The second kappa shape index (κ2) is 5.69. The molecule has 0 spiro atoms. The number of anilines is 1. The summed E-state index contributed by atoms with van der Waals surface area (Å²) in [5.41, 5.74) is 5.78. The van der Waals surface area contributed by atoms with E-state index in [4.69, 9.17) is 17.3 Å². The zero-order valence-corrected chi connectivity index (χ0v) is 11.2. The van der Waals surface area contributed by atoms with Crippen LogP contribution in [0.5, 0.6) is 0 Å². The molecule has 0 unspecified atom stereocenters. The molecule has 0 fully saturated rings. The lowest BCUT2D eigenvalue weighted by molar-refractivity contribution is -0.143. The van der Waals surface area contributed by atoms with E-state index >= 15 is 0 Å². The molecule has 0 aliphatic carbocycles. The molecule has 2 N–H and O–H groups in total. The Hall–Kier alpha value is -1.43. The Labute approximate surface area is 114 Å². The molecule has 0 saturated carbocycles. The summed E-state index contributed by atoms with van der Waals surface area (Å²) in [6.45, 7) is 1.73. The van der Waals surface area contributed by atoms with Crippen LogP contribution in [0.15, 0.2) is 18.2 Å². The van der Waals surface area contributed by atoms with Crippen LogP contribution in [0.25, 0.3) is 0 Å². The van der Waals surface area contributed by atoms with E-state index in [1.165, 1.54) is 32.0 Å². The number of nitrogens with two attached hydrogens (primary N) is 1. The van der Waals surface area contributed by atoms with E-state index in [0.717, 1.165) is 4.90 Å². The van der Waals surface area contributed by atoms with Gasteiger partial charge in [-0.15, -0.1) is 0 Å². The van der Waals surface area contributed by atoms with Crippen molar-refractivity contribution in [2.45, 2.75) is 26.1 Å². The highest BCUT2D eigenvalue weighted by Crippen LogP contribution is 2.23. The number of halogens is 4. The van der Waals surface area contributed by atoms with Gasteiger partial charge in [0.25, 0.3) is 5.91 Å². The van der Waals surface area contributed by atoms with Crippen LogP contribution < -0.4 is 5.73 Å². The van der Waals surface area contributed by atoms with Crippen LogP contribution >= 0.6 is 11.6 Å². The summed E-state index contributed by atoms with van der Waals surface area (Å²) in [6, 6.07) is 3.44. The fraction of sp³-hybridized carbons (Fsp3) is 0.417. The Bertz CT molecular complexity index is 475. The van der Waals surface area contributed by atoms with Crippen LogP contribution in [0.1, 0.15) is 24.2 Å². The quantitative estimate of drug-likeness (QED) is 0.869. The number of nitrogen functional groups attached to an aromatic ring is 1. The molecule has 0 radical (unpaired) electrons. The zero-order chi connectivity index (χ0) is 14.8. The fourth-order valence-corrected chi connectivity index (χ4v) is 1.64. The van der Waals surface area contributed by atoms with Crippen molar-refractivity contribution in [1.29, 1.82) is 0 Å². The second-order valence-corrected chi connectivity index (χ2v) is 4.79. The first-order chi connectivity index (χ1) is 8.61. The molecule has 0 aromatic heterocycles. The van der Waals surface area contributed by atoms with E-state index in [9.17, 15) is 18.0 Å². The van der Waals surface area contributed by atoms with Crippen LogP contribution in [0.2, 0.25) is 5.02 Å². The topological polar surface area (TPSA) is 46.3 Å². The van der Waals surface area contributed by atoms with Gasteiger partial charge in [0, 0.05) is 11.6 Å². The first-order valence-electron chi connectivity index (χ1n) is 5.54. The molecule has 0 bridgehead atoms. The lowest BCUT2D eigenvalue weighted by atomic mass is 10.1. The van der Waals surface area contributed by atoms with Gasteiger partial charge in [-0.2, -0.15) is 13.2 Å². The van der Waals surface area contributed by atoms with Gasteiger partial charge in [-0.05, 0) is 32.0 Å². The van der Waals surface area contributed by atoms with Gasteiger partial charge in [-0.1, -0.05) is 11.6 Å². The van der Waals surface area contributed by atoms with Crippen LogP contribution in [0.4, 0.5) is 18.9 Å². The first-order valence-corrected chi connectivity index (χ1v) is 5.92. The van der Waals surface area contributed by atoms with Crippen LogP contribution in [0, 0.1) is 0 Å². The third-order valence-electron chi connectivity index (χ3n) is 2.48. The van der Waals surface area contributed by atoms with Crippen molar-refractivity contribution >= 4 is 23.2 Å². The third-order valence-corrected chi connectivity index (χ3v) is 2.82. The largest absolute Gasteiger partial charge is 0.406 e. The van der Waals surface area contributed by atoms with Crippen molar-refractivity contribution < 1.29 is 18.0 Å². The number of hydrogen-bond acceptors (Lipinski definition) is 2. The molecule has 0 aliphatic rings. The average molecular weight is 295 g/mol. The van der Waals surface area contributed by atoms with Gasteiger partial charge >= 0.3 is 6.18 Å². The highest BCUT2D eigenvalue weighted by molar-refractivity contribution is 6.33. The molecule has 1 amide bonds. The number of nitrogens with zero attached hydrogens (tertiary/aromatic N) is 1. The van der Waals surface area contributed by atoms with E-state index in [2.05, 4.69) is 0 Å². The predicted octanol–water partition coefficient (Wildman–Crippen LogP) is 3.34. The predicted molar refractivity (Wildman–Crippen MR) is 68.1 cm³/mol. The lowest BCUT2D eigenvalue weighted by Crippen LogP contribution is -2.43. The summed E-state index contributed by atoms with van der Waals surface area (Å²) < 4.78 is 37.3. The molecule has 0 heterocycles. The van der Waals surface area contributed by atoms with Gasteiger partial charge in [0.2, 0.25) is 0 Å². The minimum Gasteiger partial charge on any atom is -0.398 e. The van der Waals surface area contributed by atoms with E-state index in [0.29, 0.717) is 0 Å². The molecule has 1 aromatic rings. The van der Waals surface area contributed by atoms with Crippen molar-refractivity contribution in [3.8, 4) is 0 Å². The van der Waals surface area contributed by atoms with Crippen molar-refractivity contribution in [3.63, 3.8) is 0 Å². The van der Waals surface area contributed by atoms with Gasteiger partial charge in [0.05, 0.1) is 10.7 Å². The Kier molecular flexibility index (Phi) is 4.68.